The zero-order valence-corrected chi connectivity index (χ0v) is 18.0. The Hall–Kier alpha value is -1.73. The van der Waals surface area contributed by atoms with E-state index in [1.807, 2.05) is 6.92 Å². The van der Waals surface area contributed by atoms with Crippen molar-refractivity contribution in [3.8, 4) is 0 Å². The smallest absolute Gasteiger partial charge is 0.312 e. The number of hydrogen-bond acceptors (Lipinski definition) is 6. The lowest BCUT2D eigenvalue weighted by molar-refractivity contribution is -0.114. The molecule has 0 bridgehead atoms. The van der Waals surface area contributed by atoms with Crippen LogP contribution in [0.25, 0.3) is 0 Å². The Kier molecular flexibility index (Phi) is 7.39. The van der Waals surface area contributed by atoms with Crippen molar-refractivity contribution in [1.29, 1.82) is 0 Å². The van der Waals surface area contributed by atoms with Crippen LogP contribution in [-0.2, 0) is 28.4 Å². The molecule has 154 valence electrons. The summed E-state index contributed by atoms with van der Waals surface area (Å²) in [4.78, 5) is 12.9. The van der Waals surface area contributed by atoms with Crippen LogP contribution in [0.3, 0.4) is 0 Å². The monoisotopic (exact) mass is 427 g/mol. The van der Waals surface area contributed by atoms with E-state index < -0.39 is 35.6 Å². The number of benzene rings is 1. The normalized spacial score (nSPS) is 17.5. The number of ketones is 1. The molecule has 0 N–H and O–H groups in total. The van der Waals surface area contributed by atoms with Crippen molar-refractivity contribution in [2.24, 2.45) is 0 Å². The molecule has 0 saturated heterocycles. The van der Waals surface area contributed by atoms with Crippen molar-refractivity contribution in [1.82, 2.24) is 4.31 Å². The minimum Gasteiger partial charge on any atom is -0.312 e. The number of sulfonamides is 1. The Morgan fingerprint density at radius 1 is 1.29 bits per heavy atom. The summed E-state index contributed by atoms with van der Waals surface area (Å²) in [5, 5.41) is 0. The molecule has 7 nitrogen and oxygen atoms in total. The van der Waals surface area contributed by atoms with E-state index >= 15 is 0 Å². The van der Waals surface area contributed by atoms with Gasteiger partial charge in [-0.2, -0.15) is 0 Å². The molecule has 1 aliphatic rings. The Labute approximate surface area is 166 Å². The van der Waals surface area contributed by atoms with E-state index in [-0.39, 0.29) is 10.6 Å². The molecule has 0 fully saturated rings. The van der Waals surface area contributed by atoms with Gasteiger partial charge in [-0.05, 0) is 38.3 Å². The van der Waals surface area contributed by atoms with Crippen LogP contribution in [0.1, 0.15) is 24.8 Å². The van der Waals surface area contributed by atoms with Crippen molar-refractivity contribution < 1.29 is 26.8 Å². The molecule has 0 radical (unpaired) electrons. The molecule has 0 aliphatic carbocycles. The molecule has 0 unspecified atom stereocenters. The summed E-state index contributed by atoms with van der Waals surface area (Å²) in [6.07, 6.45) is 4.28. The van der Waals surface area contributed by atoms with Gasteiger partial charge in [-0.15, -0.1) is 6.58 Å². The second kappa shape index (κ2) is 9.18. The lowest BCUT2D eigenvalue weighted by atomic mass is 10.1. The molecule has 0 spiro atoms. The van der Waals surface area contributed by atoms with Crippen LogP contribution in [0, 0.1) is 6.92 Å². The topological polar surface area (TPSA) is 90.0 Å². The van der Waals surface area contributed by atoms with E-state index in [1.165, 1.54) is 26.4 Å². The second-order valence-corrected chi connectivity index (χ2v) is 10.6. The van der Waals surface area contributed by atoms with Crippen LogP contribution in [0.2, 0.25) is 0 Å². The summed E-state index contributed by atoms with van der Waals surface area (Å²) in [6, 6.07) is 6.04. The number of carbonyl (C=O) groups excluding carboxylic acids is 1. The third-order valence-electron chi connectivity index (χ3n) is 4.61. The maximum Gasteiger partial charge on any atom is 0.337 e. The van der Waals surface area contributed by atoms with E-state index in [9.17, 15) is 17.8 Å². The summed E-state index contributed by atoms with van der Waals surface area (Å²) >= 11 is 0. The van der Waals surface area contributed by atoms with Crippen LogP contribution >= 0.6 is 7.60 Å². The first-order valence-corrected chi connectivity index (χ1v) is 12.0. The first-order valence-electron chi connectivity index (χ1n) is 8.84. The Morgan fingerprint density at radius 2 is 1.89 bits per heavy atom. The minimum absolute atomic E-state index is 0.00367. The minimum atomic E-state index is -3.96. The van der Waals surface area contributed by atoms with Crippen molar-refractivity contribution in [3.63, 3.8) is 0 Å². The van der Waals surface area contributed by atoms with Gasteiger partial charge < -0.3 is 9.05 Å². The van der Waals surface area contributed by atoms with Gasteiger partial charge in [0.15, 0.2) is 5.78 Å². The average Bonchev–Trinajstić information content (AvgIpc) is 3.11. The second-order valence-electron chi connectivity index (χ2n) is 6.52. The average molecular weight is 427 g/mol. The van der Waals surface area contributed by atoms with Crippen molar-refractivity contribution in [2.45, 2.75) is 37.1 Å². The number of aryl methyl sites for hydroxylation is 1. The molecular weight excluding hydrogens is 401 g/mol. The summed E-state index contributed by atoms with van der Waals surface area (Å²) in [5.41, 5.74) is 0.931. The molecule has 1 heterocycles. The van der Waals surface area contributed by atoms with Gasteiger partial charge in [-0.3, -0.25) is 13.7 Å². The van der Waals surface area contributed by atoms with Gasteiger partial charge in [0.2, 0.25) is 0 Å². The molecule has 1 aromatic rings. The van der Waals surface area contributed by atoms with Crippen LogP contribution in [0.4, 0.5) is 0 Å². The molecule has 2 rings (SSSR count). The Bertz CT molecular complexity index is 899. The molecule has 9 heteroatoms. The summed E-state index contributed by atoms with van der Waals surface area (Å²) in [6.45, 7) is 5.54. The standard InChI is InChI=1S/C19H26NO6PS/c1-5-6-7-16-10-13-18(19(21)14-27(22,25-3)26-4)20(16)28(23,24)17-11-8-15(2)9-12-17/h5,8-9,11-13,16H,1,6-7,10,14H2,2-4H3/t16-/m1/s1. The fraction of sp³-hybridized carbons (Fsp3) is 0.421. The first kappa shape index (κ1) is 22.6. The van der Waals surface area contributed by atoms with E-state index in [0.717, 1.165) is 9.87 Å². The highest BCUT2D eigenvalue weighted by molar-refractivity contribution is 7.89. The lowest BCUT2D eigenvalue weighted by Gasteiger charge is -2.29. The van der Waals surface area contributed by atoms with Gasteiger partial charge >= 0.3 is 7.60 Å². The largest absolute Gasteiger partial charge is 0.337 e. The zero-order valence-electron chi connectivity index (χ0n) is 16.3. The van der Waals surface area contributed by atoms with Crippen molar-refractivity contribution >= 4 is 23.4 Å². The van der Waals surface area contributed by atoms with Crippen molar-refractivity contribution in [3.05, 3.63) is 54.3 Å². The fourth-order valence-corrected chi connectivity index (χ4v) is 5.67. The predicted molar refractivity (Wildman–Crippen MR) is 108 cm³/mol. The fourth-order valence-electron chi connectivity index (χ4n) is 3.02. The maximum atomic E-state index is 13.3. The van der Waals surface area contributed by atoms with Crippen molar-refractivity contribution in [2.75, 3.05) is 20.4 Å². The van der Waals surface area contributed by atoms with E-state index in [0.29, 0.717) is 19.3 Å². The number of carbonyl (C=O) groups is 1. The molecule has 0 amide bonds. The highest BCUT2D eigenvalue weighted by atomic mass is 32.2. The number of hydrogen-bond donors (Lipinski definition) is 0. The molecule has 0 aromatic heterocycles. The maximum absolute atomic E-state index is 13.3. The summed E-state index contributed by atoms with van der Waals surface area (Å²) in [7, 11) is -5.20. The van der Waals surface area contributed by atoms with Gasteiger partial charge in [0.1, 0.15) is 6.16 Å². The third-order valence-corrected chi connectivity index (χ3v) is 8.28. The summed E-state index contributed by atoms with van der Waals surface area (Å²) in [5.74, 6) is -0.594. The summed E-state index contributed by atoms with van der Waals surface area (Å²) < 4.78 is 49.8. The quantitative estimate of drug-likeness (QED) is 0.418. The van der Waals surface area contributed by atoms with Crippen LogP contribution < -0.4 is 0 Å². The highest BCUT2D eigenvalue weighted by Crippen LogP contribution is 2.47. The zero-order chi connectivity index (χ0) is 20.9. The predicted octanol–water partition coefficient (Wildman–Crippen LogP) is 3.66. The van der Waals surface area contributed by atoms with E-state index in [1.54, 1.807) is 24.3 Å². The van der Waals surface area contributed by atoms with Crippen LogP contribution in [-0.4, -0.2) is 44.9 Å². The van der Waals surface area contributed by atoms with Gasteiger partial charge in [0, 0.05) is 20.3 Å². The molecule has 28 heavy (non-hydrogen) atoms. The number of allylic oxidation sites excluding steroid dienone is 2. The van der Waals surface area contributed by atoms with Crippen LogP contribution in [0.5, 0.6) is 0 Å². The molecular formula is C19H26NO6PS. The van der Waals surface area contributed by atoms with Gasteiger partial charge in [0.25, 0.3) is 10.0 Å². The SMILES string of the molecule is C=CCC[C@@H]1CC=C(C(=O)CP(=O)(OC)OC)N1S(=O)(=O)c1ccc(C)cc1. The molecule has 1 aromatic carbocycles. The number of nitrogens with zero attached hydrogens (tertiary/aromatic N) is 1. The molecule has 1 aliphatic heterocycles. The Morgan fingerprint density at radius 3 is 2.43 bits per heavy atom. The van der Waals surface area contributed by atoms with Gasteiger partial charge in [-0.1, -0.05) is 29.8 Å². The third kappa shape index (κ3) is 4.81. The highest BCUT2D eigenvalue weighted by Gasteiger charge is 2.40. The molecule has 0 saturated carbocycles. The van der Waals surface area contributed by atoms with E-state index in [4.69, 9.17) is 9.05 Å². The van der Waals surface area contributed by atoms with Gasteiger partial charge in [0.05, 0.1) is 10.6 Å². The number of rotatable bonds is 10. The molecule has 1 atom stereocenters. The van der Waals surface area contributed by atoms with E-state index in [2.05, 4.69) is 6.58 Å². The number of Topliss-reactive ketones (excluding diaryl/α,β-unsaturated/α-hetero) is 1. The lowest BCUT2D eigenvalue weighted by Crippen LogP contribution is -2.38. The van der Waals surface area contributed by atoms with Gasteiger partial charge in [-0.25, -0.2) is 8.42 Å². The first-order chi connectivity index (χ1) is 13.2. The Balaban J connectivity index is 2.42. The van der Waals surface area contributed by atoms with Crippen LogP contribution in [0.15, 0.2) is 53.6 Å².